The van der Waals surface area contributed by atoms with Crippen LogP contribution in [0.4, 0.5) is 0 Å². The molecule has 6 heteroatoms. The van der Waals surface area contributed by atoms with Crippen molar-refractivity contribution in [3.8, 4) is 11.5 Å². The summed E-state index contributed by atoms with van der Waals surface area (Å²) in [7, 11) is 1.71. The van der Waals surface area contributed by atoms with Crippen LogP contribution in [0.5, 0.6) is 11.5 Å². The maximum atomic E-state index is 9.70. The Bertz CT molecular complexity index is 886. The van der Waals surface area contributed by atoms with Gasteiger partial charge in [-0.2, -0.15) is 0 Å². The van der Waals surface area contributed by atoms with Crippen molar-refractivity contribution in [2.24, 2.45) is 0 Å². The first kappa shape index (κ1) is 24.5. The summed E-state index contributed by atoms with van der Waals surface area (Å²) in [5.41, 5.74) is 5.80. The molecule has 0 spiro atoms. The number of methoxy groups -OCH3 is 1. The van der Waals surface area contributed by atoms with Crippen molar-refractivity contribution in [2.45, 2.75) is 52.9 Å². The standard InChI is InChI=1S/C26H38N2O4/c1-5-32-26-8-6-21(14-23(26)18-30)15-27-11-12-28(24(17-27)10-13-29)16-22-7-9-25(31-4)20(3)19(22)2/h6-9,14,24,29-30H,5,10-13,15-18H2,1-4H3. The highest BCUT2D eigenvalue weighted by molar-refractivity contribution is 5.43. The molecule has 0 aliphatic carbocycles. The van der Waals surface area contributed by atoms with Gasteiger partial charge in [-0.25, -0.2) is 0 Å². The number of piperazine rings is 1. The Morgan fingerprint density at radius 2 is 1.75 bits per heavy atom. The zero-order chi connectivity index (χ0) is 23.1. The normalized spacial score (nSPS) is 17.5. The van der Waals surface area contributed by atoms with Gasteiger partial charge in [0, 0.05) is 50.9 Å². The lowest BCUT2D eigenvalue weighted by molar-refractivity contribution is 0.0498. The third-order valence-electron chi connectivity index (χ3n) is 6.60. The summed E-state index contributed by atoms with van der Waals surface area (Å²) in [6.07, 6.45) is 0.760. The molecule has 6 nitrogen and oxygen atoms in total. The van der Waals surface area contributed by atoms with E-state index in [1.54, 1.807) is 7.11 Å². The van der Waals surface area contributed by atoms with E-state index in [1.165, 1.54) is 22.3 Å². The van der Waals surface area contributed by atoms with E-state index >= 15 is 0 Å². The molecule has 1 unspecified atom stereocenters. The number of ether oxygens (including phenoxy) is 2. The first-order valence-corrected chi connectivity index (χ1v) is 11.6. The molecular weight excluding hydrogens is 404 g/mol. The van der Waals surface area contributed by atoms with E-state index in [4.69, 9.17) is 9.47 Å². The van der Waals surface area contributed by atoms with Gasteiger partial charge < -0.3 is 19.7 Å². The summed E-state index contributed by atoms with van der Waals surface area (Å²) in [6.45, 7) is 11.5. The van der Waals surface area contributed by atoms with E-state index in [1.807, 2.05) is 19.1 Å². The van der Waals surface area contributed by atoms with Crippen LogP contribution in [0.15, 0.2) is 30.3 Å². The molecule has 0 radical (unpaired) electrons. The van der Waals surface area contributed by atoms with Crippen molar-refractivity contribution in [3.05, 3.63) is 58.1 Å². The average molecular weight is 443 g/mol. The van der Waals surface area contributed by atoms with E-state index in [9.17, 15) is 10.2 Å². The fraction of sp³-hybridized carbons (Fsp3) is 0.538. The Balaban J connectivity index is 1.68. The van der Waals surface area contributed by atoms with E-state index in [0.29, 0.717) is 12.6 Å². The first-order chi connectivity index (χ1) is 15.5. The summed E-state index contributed by atoms with van der Waals surface area (Å²) in [6, 6.07) is 10.6. The van der Waals surface area contributed by atoms with E-state index in [-0.39, 0.29) is 13.2 Å². The van der Waals surface area contributed by atoms with Gasteiger partial charge in [-0.1, -0.05) is 12.1 Å². The van der Waals surface area contributed by atoms with Gasteiger partial charge in [0.1, 0.15) is 11.5 Å². The van der Waals surface area contributed by atoms with Crippen molar-refractivity contribution < 1.29 is 19.7 Å². The average Bonchev–Trinajstić information content (AvgIpc) is 2.80. The molecule has 1 heterocycles. The van der Waals surface area contributed by atoms with Crippen LogP contribution < -0.4 is 9.47 Å². The van der Waals surface area contributed by atoms with Gasteiger partial charge in [-0.05, 0) is 67.6 Å². The highest BCUT2D eigenvalue weighted by atomic mass is 16.5. The molecule has 32 heavy (non-hydrogen) atoms. The van der Waals surface area contributed by atoms with Crippen LogP contribution in [-0.4, -0.2) is 66.0 Å². The Labute approximate surface area is 192 Å². The second kappa shape index (κ2) is 11.7. The number of benzene rings is 2. The summed E-state index contributed by atoms with van der Waals surface area (Å²) in [4.78, 5) is 4.94. The van der Waals surface area contributed by atoms with Gasteiger partial charge in [-0.3, -0.25) is 9.80 Å². The molecule has 1 aliphatic rings. The third kappa shape index (κ3) is 5.81. The molecule has 0 amide bonds. The minimum atomic E-state index is -0.0231. The first-order valence-electron chi connectivity index (χ1n) is 11.6. The van der Waals surface area contributed by atoms with E-state index in [2.05, 4.69) is 41.8 Å². The van der Waals surface area contributed by atoms with Gasteiger partial charge >= 0.3 is 0 Å². The second-order valence-electron chi connectivity index (χ2n) is 8.58. The van der Waals surface area contributed by atoms with Crippen LogP contribution in [0, 0.1) is 13.8 Å². The number of aliphatic hydroxyl groups is 2. The molecule has 0 saturated carbocycles. The molecule has 3 rings (SSSR count). The van der Waals surface area contributed by atoms with Gasteiger partial charge in [0.05, 0.1) is 20.3 Å². The van der Waals surface area contributed by atoms with E-state index < -0.39 is 0 Å². The smallest absolute Gasteiger partial charge is 0.124 e. The zero-order valence-electron chi connectivity index (χ0n) is 19.9. The predicted molar refractivity (Wildman–Crippen MR) is 127 cm³/mol. The SMILES string of the molecule is CCOc1ccc(CN2CCN(Cc3ccc(OC)c(C)c3C)C(CCO)C2)cc1CO. The van der Waals surface area contributed by atoms with Crippen molar-refractivity contribution in [1.29, 1.82) is 0 Å². The van der Waals surface area contributed by atoms with Crippen LogP contribution in [0.3, 0.4) is 0 Å². The quantitative estimate of drug-likeness (QED) is 0.589. The summed E-state index contributed by atoms with van der Waals surface area (Å²) < 4.78 is 11.1. The Kier molecular flexibility index (Phi) is 8.93. The molecule has 2 aromatic carbocycles. The second-order valence-corrected chi connectivity index (χ2v) is 8.58. The highest BCUT2D eigenvalue weighted by Gasteiger charge is 2.27. The van der Waals surface area contributed by atoms with Crippen LogP contribution in [0.25, 0.3) is 0 Å². The molecule has 0 aromatic heterocycles. The number of hydrogen-bond acceptors (Lipinski definition) is 6. The molecule has 2 aromatic rings. The van der Waals surface area contributed by atoms with Crippen molar-refractivity contribution in [2.75, 3.05) is 40.0 Å². The number of rotatable bonds is 10. The summed E-state index contributed by atoms with van der Waals surface area (Å²) in [5, 5.41) is 19.4. The molecule has 1 aliphatic heterocycles. The molecule has 2 N–H and O–H groups in total. The Morgan fingerprint density at radius 1 is 0.969 bits per heavy atom. The molecule has 1 fully saturated rings. The largest absolute Gasteiger partial charge is 0.496 e. The number of hydrogen-bond donors (Lipinski definition) is 2. The fourth-order valence-corrected chi connectivity index (χ4v) is 4.60. The Morgan fingerprint density at radius 3 is 2.44 bits per heavy atom. The predicted octanol–water partition coefficient (Wildman–Crippen LogP) is 3.27. The summed E-state index contributed by atoms with van der Waals surface area (Å²) >= 11 is 0. The minimum Gasteiger partial charge on any atom is -0.496 e. The lowest BCUT2D eigenvalue weighted by atomic mass is 10.00. The van der Waals surface area contributed by atoms with Crippen LogP contribution in [0.1, 0.15) is 41.2 Å². The zero-order valence-corrected chi connectivity index (χ0v) is 19.9. The highest BCUT2D eigenvalue weighted by Crippen LogP contribution is 2.27. The maximum Gasteiger partial charge on any atom is 0.124 e. The van der Waals surface area contributed by atoms with Crippen molar-refractivity contribution >= 4 is 0 Å². The third-order valence-corrected chi connectivity index (χ3v) is 6.60. The van der Waals surface area contributed by atoms with Crippen LogP contribution in [-0.2, 0) is 19.7 Å². The topological polar surface area (TPSA) is 65.4 Å². The van der Waals surface area contributed by atoms with Gasteiger partial charge in [-0.15, -0.1) is 0 Å². The van der Waals surface area contributed by atoms with Crippen LogP contribution in [0.2, 0.25) is 0 Å². The van der Waals surface area contributed by atoms with Gasteiger partial charge in [0.15, 0.2) is 0 Å². The van der Waals surface area contributed by atoms with Crippen molar-refractivity contribution in [1.82, 2.24) is 9.80 Å². The minimum absolute atomic E-state index is 0.0231. The summed E-state index contributed by atoms with van der Waals surface area (Å²) in [5.74, 6) is 1.69. The monoisotopic (exact) mass is 442 g/mol. The molecule has 0 bridgehead atoms. The van der Waals surface area contributed by atoms with Crippen LogP contribution >= 0.6 is 0 Å². The number of aliphatic hydroxyl groups excluding tert-OH is 2. The molecule has 1 saturated heterocycles. The van der Waals surface area contributed by atoms with Crippen molar-refractivity contribution in [3.63, 3.8) is 0 Å². The lowest BCUT2D eigenvalue weighted by Crippen LogP contribution is -2.52. The van der Waals surface area contributed by atoms with E-state index in [0.717, 1.165) is 56.2 Å². The Hall–Kier alpha value is -2.12. The molecular formula is C26H38N2O4. The molecule has 176 valence electrons. The van der Waals surface area contributed by atoms with Gasteiger partial charge in [0.2, 0.25) is 0 Å². The van der Waals surface area contributed by atoms with Gasteiger partial charge in [0.25, 0.3) is 0 Å². The maximum absolute atomic E-state index is 9.70. The lowest BCUT2D eigenvalue weighted by Gasteiger charge is -2.42. The fourth-order valence-electron chi connectivity index (χ4n) is 4.60. The number of nitrogens with zero attached hydrogens (tertiary/aromatic N) is 2. The molecule has 1 atom stereocenters.